The average Bonchev–Trinajstić information content (AvgIpc) is 3.29. The monoisotopic (exact) mass is 476 g/mol. The molecule has 2 amide bonds. The molecule has 12 heteroatoms. The first-order valence-electron chi connectivity index (χ1n) is 9.52. The largest absolute Gasteiger partial charge is 0.493 e. The smallest absolute Gasteiger partial charge is 0.277 e. The Morgan fingerprint density at radius 3 is 2.30 bits per heavy atom. The van der Waals surface area contributed by atoms with Crippen LogP contribution in [-0.4, -0.2) is 49.1 Å². The lowest BCUT2D eigenvalue weighted by Crippen LogP contribution is -2.23. The van der Waals surface area contributed by atoms with Crippen molar-refractivity contribution < 1.29 is 32.6 Å². The minimum absolute atomic E-state index is 0.0107. The third-order valence-electron chi connectivity index (χ3n) is 4.23. The van der Waals surface area contributed by atoms with Crippen molar-refractivity contribution in [1.29, 1.82) is 0 Å². The zero-order valence-corrected chi connectivity index (χ0v) is 18.8. The van der Waals surface area contributed by atoms with E-state index in [0.29, 0.717) is 22.9 Å². The number of thioether (sulfide) groups is 1. The van der Waals surface area contributed by atoms with Gasteiger partial charge in [0.05, 0.1) is 33.6 Å². The van der Waals surface area contributed by atoms with Gasteiger partial charge in [0, 0.05) is 11.3 Å². The van der Waals surface area contributed by atoms with Gasteiger partial charge in [-0.2, -0.15) is 0 Å². The summed E-state index contributed by atoms with van der Waals surface area (Å²) in [5.41, 5.74) is 0.763. The zero-order valence-electron chi connectivity index (χ0n) is 18.0. The highest BCUT2D eigenvalue weighted by molar-refractivity contribution is 7.99. The highest BCUT2D eigenvalue weighted by atomic mass is 32.2. The highest BCUT2D eigenvalue weighted by Crippen LogP contribution is 2.38. The van der Waals surface area contributed by atoms with E-state index in [9.17, 15) is 14.0 Å². The van der Waals surface area contributed by atoms with Crippen molar-refractivity contribution in [3.63, 3.8) is 0 Å². The summed E-state index contributed by atoms with van der Waals surface area (Å²) in [6, 6.07) is 8.45. The number of rotatable bonds is 10. The molecule has 3 rings (SSSR count). The molecule has 0 atom stereocenters. The number of hydrogen-bond donors (Lipinski definition) is 2. The number of benzene rings is 2. The van der Waals surface area contributed by atoms with Crippen LogP contribution in [0.15, 0.2) is 46.0 Å². The molecule has 174 valence electrons. The van der Waals surface area contributed by atoms with E-state index in [-0.39, 0.29) is 34.9 Å². The number of carbonyl (C=O) groups is 2. The van der Waals surface area contributed by atoms with Gasteiger partial charge in [-0.25, -0.2) is 4.39 Å². The predicted molar refractivity (Wildman–Crippen MR) is 117 cm³/mol. The maximum absolute atomic E-state index is 12.9. The first-order valence-corrected chi connectivity index (χ1v) is 10.5. The molecule has 0 bridgehead atoms. The van der Waals surface area contributed by atoms with Gasteiger partial charge in [-0.05, 0) is 36.4 Å². The number of carbonyl (C=O) groups excluding carboxylic acids is 2. The summed E-state index contributed by atoms with van der Waals surface area (Å²) in [5, 5.41) is 13.2. The maximum Gasteiger partial charge on any atom is 0.277 e. The number of ether oxygens (including phenoxy) is 3. The van der Waals surface area contributed by atoms with E-state index >= 15 is 0 Å². The molecule has 0 aliphatic rings. The van der Waals surface area contributed by atoms with E-state index in [1.165, 1.54) is 57.7 Å². The van der Waals surface area contributed by atoms with E-state index in [0.717, 1.165) is 11.8 Å². The fraction of sp³-hybridized carbons (Fsp3) is 0.238. The van der Waals surface area contributed by atoms with Gasteiger partial charge in [0.15, 0.2) is 11.5 Å². The number of nitrogens with zero attached hydrogens (tertiary/aromatic N) is 2. The third-order valence-corrected chi connectivity index (χ3v) is 5.05. The van der Waals surface area contributed by atoms with Crippen molar-refractivity contribution in [3.8, 4) is 17.2 Å². The molecule has 1 aromatic heterocycles. The molecule has 0 unspecified atom stereocenters. The molecule has 0 saturated carbocycles. The normalized spacial score (nSPS) is 10.4. The van der Waals surface area contributed by atoms with Gasteiger partial charge in [-0.3, -0.25) is 9.59 Å². The molecule has 0 saturated heterocycles. The van der Waals surface area contributed by atoms with Crippen LogP contribution >= 0.6 is 11.8 Å². The SMILES string of the molecule is COc1cc(C(=O)NCc2nnc(SCC(=O)Nc3ccc(F)cc3)o2)cc(OC)c1OC. The summed E-state index contributed by atoms with van der Waals surface area (Å²) in [6.07, 6.45) is 0. The van der Waals surface area contributed by atoms with Crippen LogP contribution in [-0.2, 0) is 11.3 Å². The number of hydrogen-bond acceptors (Lipinski definition) is 9. The first kappa shape index (κ1) is 23.9. The van der Waals surface area contributed by atoms with Crippen LogP contribution in [0.5, 0.6) is 17.2 Å². The Kier molecular flexibility index (Phi) is 8.08. The molecule has 1 heterocycles. The fourth-order valence-corrected chi connectivity index (χ4v) is 3.28. The van der Waals surface area contributed by atoms with Crippen LogP contribution in [0.25, 0.3) is 0 Å². The average molecular weight is 476 g/mol. The number of methoxy groups -OCH3 is 3. The minimum Gasteiger partial charge on any atom is -0.493 e. The summed E-state index contributed by atoms with van der Waals surface area (Å²) in [6.45, 7) is -0.0230. The summed E-state index contributed by atoms with van der Waals surface area (Å²) in [4.78, 5) is 24.5. The molecule has 33 heavy (non-hydrogen) atoms. The quantitative estimate of drug-likeness (QED) is 0.425. The molecule has 0 aliphatic carbocycles. The van der Waals surface area contributed by atoms with Crippen molar-refractivity contribution in [2.24, 2.45) is 0 Å². The van der Waals surface area contributed by atoms with Crippen molar-refractivity contribution in [1.82, 2.24) is 15.5 Å². The van der Waals surface area contributed by atoms with Crippen molar-refractivity contribution in [2.75, 3.05) is 32.4 Å². The summed E-state index contributed by atoms with van der Waals surface area (Å²) < 4.78 is 34.1. The van der Waals surface area contributed by atoms with Gasteiger partial charge >= 0.3 is 0 Å². The first-order chi connectivity index (χ1) is 15.9. The van der Waals surface area contributed by atoms with Gasteiger partial charge in [0.1, 0.15) is 5.82 Å². The third kappa shape index (κ3) is 6.35. The van der Waals surface area contributed by atoms with Crippen molar-refractivity contribution in [3.05, 3.63) is 53.7 Å². The molecular weight excluding hydrogens is 455 g/mol. The number of nitrogens with one attached hydrogen (secondary N) is 2. The van der Waals surface area contributed by atoms with Crippen molar-refractivity contribution in [2.45, 2.75) is 11.8 Å². The number of amides is 2. The number of halogens is 1. The van der Waals surface area contributed by atoms with E-state index in [1.54, 1.807) is 0 Å². The summed E-state index contributed by atoms with van der Waals surface area (Å²) in [5.74, 6) is 0.114. The lowest BCUT2D eigenvalue weighted by atomic mass is 10.1. The molecule has 2 N–H and O–H groups in total. The van der Waals surface area contributed by atoms with Crippen LogP contribution in [0.3, 0.4) is 0 Å². The van der Waals surface area contributed by atoms with Crippen LogP contribution < -0.4 is 24.8 Å². The molecule has 0 aliphatic heterocycles. The second kappa shape index (κ2) is 11.2. The van der Waals surface area contributed by atoms with Crippen LogP contribution in [0.2, 0.25) is 0 Å². The van der Waals surface area contributed by atoms with Crippen LogP contribution in [0, 0.1) is 5.82 Å². The molecule has 2 aromatic carbocycles. The summed E-state index contributed by atoms with van der Waals surface area (Å²) in [7, 11) is 4.38. The van der Waals surface area contributed by atoms with Gasteiger partial charge in [-0.1, -0.05) is 11.8 Å². The Labute approximate surface area is 192 Å². The topological polar surface area (TPSA) is 125 Å². The van der Waals surface area contributed by atoms with Crippen LogP contribution in [0.1, 0.15) is 16.2 Å². The Hall–Kier alpha value is -3.80. The second-order valence-electron chi connectivity index (χ2n) is 6.40. The molecule has 3 aromatic rings. The predicted octanol–water partition coefficient (Wildman–Crippen LogP) is 2.90. The molecule has 10 nitrogen and oxygen atoms in total. The van der Waals surface area contributed by atoms with Crippen molar-refractivity contribution >= 4 is 29.3 Å². The van der Waals surface area contributed by atoms with E-state index in [4.69, 9.17) is 18.6 Å². The molecule has 0 fully saturated rings. The van der Waals surface area contributed by atoms with Crippen LogP contribution in [0.4, 0.5) is 10.1 Å². The van der Waals surface area contributed by atoms with Gasteiger partial charge in [0.2, 0.25) is 17.5 Å². The van der Waals surface area contributed by atoms with E-state index in [2.05, 4.69) is 20.8 Å². The lowest BCUT2D eigenvalue weighted by Gasteiger charge is -2.13. The second-order valence-corrected chi connectivity index (χ2v) is 7.33. The summed E-state index contributed by atoms with van der Waals surface area (Å²) >= 11 is 1.03. The van der Waals surface area contributed by atoms with Gasteiger partial charge in [0.25, 0.3) is 11.1 Å². The van der Waals surface area contributed by atoms with Gasteiger partial charge in [-0.15, -0.1) is 10.2 Å². The molecule has 0 radical (unpaired) electrons. The number of anilines is 1. The fourth-order valence-electron chi connectivity index (χ4n) is 2.70. The lowest BCUT2D eigenvalue weighted by molar-refractivity contribution is -0.113. The Morgan fingerprint density at radius 2 is 1.70 bits per heavy atom. The zero-order chi connectivity index (χ0) is 23.8. The Balaban J connectivity index is 1.53. The standard InChI is InChI=1S/C21H21FN4O6S/c1-29-15-8-12(9-16(30-2)19(15)31-3)20(28)23-10-18-25-26-21(32-18)33-11-17(27)24-14-6-4-13(22)5-7-14/h4-9H,10-11H2,1-3H3,(H,23,28)(H,24,27). The highest BCUT2D eigenvalue weighted by Gasteiger charge is 2.18. The maximum atomic E-state index is 12.9. The number of aromatic nitrogens is 2. The molecule has 0 spiro atoms. The Bertz CT molecular complexity index is 1100. The molecular formula is C21H21FN4O6S. The Morgan fingerprint density at radius 1 is 1.03 bits per heavy atom. The van der Waals surface area contributed by atoms with Gasteiger partial charge < -0.3 is 29.3 Å². The van der Waals surface area contributed by atoms with E-state index < -0.39 is 11.7 Å². The van der Waals surface area contributed by atoms with E-state index in [1.807, 2.05) is 0 Å². The minimum atomic E-state index is -0.416.